The van der Waals surface area contributed by atoms with Crippen LogP contribution in [0.25, 0.3) is 11.3 Å². The molecule has 1 aliphatic rings. The van der Waals surface area contributed by atoms with Crippen molar-refractivity contribution in [2.45, 2.75) is 25.3 Å². The third-order valence-electron chi connectivity index (χ3n) is 5.61. The standard InChI is InChI=1S/C25H26N4O3/c1-32-24-11-10-22(27-28-24)19-8-5-9-20(17-19)25(31)29-14-12-21(13-15-29)26-23(30)16-18-6-3-2-4-7-18/h2-11,17,21H,12-16H2,1H3,(H,26,30). The molecular formula is C25H26N4O3. The van der Waals surface area contributed by atoms with E-state index in [-0.39, 0.29) is 17.9 Å². The van der Waals surface area contributed by atoms with Gasteiger partial charge in [0.1, 0.15) is 0 Å². The van der Waals surface area contributed by atoms with Crippen molar-refractivity contribution in [1.29, 1.82) is 0 Å². The molecule has 1 aliphatic heterocycles. The van der Waals surface area contributed by atoms with E-state index >= 15 is 0 Å². The Labute approximate surface area is 187 Å². The summed E-state index contributed by atoms with van der Waals surface area (Å²) in [6.45, 7) is 1.23. The van der Waals surface area contributed by atoms with Gasteiger partial charge >= 0.3 is 0 Å². The molecule has 7 heteroatoms. The highest BCUT2D eigenvalue weighted by molar-refractivity contribution is 5.95. The Bertz CT molecular complexity index is 1060. The molecule has 0 aliphatic carbocycles. The summed E-state index contributed by atoms with van der Waals surface area (Å²) < 4.78 is 5.05. The van der Waals surface area contributed by atoms with Gasteiger partial charge in [-0.15, -0.1) is 10.2 Å². The zero-order valence-corrected chi connectivity index (χ0v) is 18.0. The first-order valence-corrected chi connectivity index (χ1v) is 10.7. The van der Waals surface area contributed by atoms with Crippen LogP contribution >= 0.6 is 0 Å². The first-order chi connectivity index (χ1) is 15.6. The number of hydrogen-bond donors (Lipinski definition) is 1. The fourth-order valence-corrected chi connectivity index (χ4v) is 3.86. The summed E-state index contributed by atoms with van der Waals surface area (Å²) in [6, 6.07) is 20.8. The van der Waals surface area contributed by atoms with Crippen LogP contribution in [0.4, 0.5) is 0 Å². The Kier molecular flexibility index (Phi) is 6.75. The Balaban J connectivity index is 1.32. The first-order valence-electron chi connectivity index (χ1n) is 10.7. The first kappa shape index (κ1) is 21.5. The number of amides is 2. The molecule has 1 N–H and O–H groups in total. The van der Waals surface area contributed by atoms with Gasteiger partial charge in [-0.2, -0.15) is 0 Å². The molecule has 32 heavy (non-hydrogen) atoms. The second kappa shape index (κ2) is 10.0. The van der Waals surface area contributed by atoms with Gasteiger partial charge in [-0.25, -0.2) is 0 Å². The summed E-state index contributed by atoms with van der Waals surface area (Å²) in [4.78, 5) is 27.2. The molecule has 0 spiro atoms. The minimum absolute atomic E-state index is 0.0117. The Morgan fingerprint density at radius 3 is 2.47 bits per heavy atom. The van der Waals surface area contributed by atoms with Gasteiger partial charge in [0.25, 0.3) is 5.91 Å². The van der Waals surface area contributed by atoms with Gasteiger partial charge in [0, 0.05) is 36.3 Å². The van der Waals surface area contributed by atoms with Crippen LogP contribution in [0.15, 0.2) is 66.7 Å². The number of likely N-dealkylation sites (tertiary alicyclic amines) is 1. The lowest BCUT2D eigenvalue weighted by Crippen LogP contribution is -2.46. The number of ether oxygens (including phenoxy) is 1. The van der Waals surface area contributed by atoms with E-state index in [0.717, 1.165) is 24.0 Å². The van der Waals surface area contributed by atoms with E-state index in [1.807, 2.05) is 65.6 Å². The average Bonchev–Trinajstić information content (AvgIpc) is 2.85. The normalized spacial score (nSPS) is 14.1. The molecule has 0 atom stereocenters. The van der Waals surface area contributed by atoms with E-state index in [9.17, 15) is 9.59 Å². The summed E-state index contributed by atoms with van der Waals surface area (Å²) in [7, 11) is 1.54. The summed E-state index contributed by atoms with van der Waals surface area (Å²) in [5.74, 6) is 0.455. The minimum atomic E-state index is -0.0117. The zero-order valence-electron chi connectivity index (χ0n) is 18.0. The van der Waals surface area contributed by atoms with E-state index in [2.05, 4.69) is 15.5 Å². The maximum Gasteiger partial charge on any atom is 0.253 e. The predicted octanol–water partition coefficient (Wildman–Crippen LogP) is 3.12. The van der Waals surface area contributed by atoms with E-state index in [0.29, 0.717) is 36.6 Å². The topological polar surface area (TPSA) is 84.4 Å². The molecule has 0 saturated carbocycles. The minimum Gasteiger partial charge on any atom is -0.480 e. The number of nitrogens with zero attached hydrogens (tertiary/aromatic N) is 3. The molecule has 4 rings (SSSR count). The largest absolute Gasteiger partial charge is 0.480 e. The summed E-state index contributed by atoms with van der Waals surface area (Å²) in [6.07, 6.45) is 1.87. The SMILES string of the molecule is COc1ccc(-c2cccc(C(=O)N3CCC(NC(=O)Cc4ccccc4)CC3)c2)nn1. The van der Waals surface area contributed by atoms with E-state index in [4.69, 9.17) is 4.74 Å². The van der Waals surface area contributed by atoms with Gasteiger partial charge < -0.3 is 15.0 Å². The van der Waals surface area contributed by atoms with E-state index in [1.165, 1.54) is 0 Å². The molecule has 2 amide bonds. The molecule has 2 heterocycles. The third-order valence-corrected chi connectivity index (χ3v) is 5.61. The lowest BCUT2D eigenvalue weighted by atomic mass is 10.0. The van der Waals surface area contributed by atoms with Crippen LogP contribution < -0.4 is 10.1 Å². The van der Waals surface area contributed by atoms with Gasteiger partial charge in [0.05, 0.1) is 19.2 Å². The van der Waals surface area contributed by atoms with Crippen molar-refractivity contribution in [3.05, 3.63) is 77.9 Å². The molecule has 0 unspecified atom stereocenters. The number of carbonyl (C=O) groups excluding carboxylic acids is 2. The fraction of sp³-hybridized carbons (Fsp3) is 0.280. The molecule has 7 nitrogen and oxygen atoms in total. The monoisotopic (exact) mass is 430 g/mol. The molecule has 2 aromatic carbocycles. The van der Waals surface area contributed by atoms with Gasteiger partial charge in [0.15, 0.2) is 0 Å². The lowest BCUT2D eigenvalue weighted by Gasteiger charge is -2.32. The number of hydrogen-bond acceptors (Lipinski definition) is 5. The van der Waals surface area contributed by atoms with Crippen molar-refractivity contribution in [2.75, 3.05) is 20.2 Å². The zero-order chi connectivity index (χ0) is 22.3. The van der Waals surface area contributed by atoms with Crippen LogP contribution in [0, 0.1) is 0 Å². The van der Waals surface area contributed by atoms with Gasteiger partial charge in [-0.1, -0.05) is 42.5 Å². The summed E-state index contributed by atoms with van der Waals surface area (Å²) >= 11 is 0. The average molecular weight is 431 g/mol. The Hall–Kier alpha value is -3.74. The van der Waals surface area contributed by atoms with Crippen molar-refractivity contribution in [3.8, 4) is 17.1 Å². The maximum atomic E-state index is 13.0. The number of benzene rings is 2. The second-order valence-corrected chi connectivity index (χ2v) is 7.84. The number of nitrogens with one attached hydrogen (secondary N) is 1. The number of aromatic nitrogens is 2. The Morgan fingerprint density at radius 2 is 1.78 bits per heavy atom. The summed E-state index contributed by atoms with van der Waals surface area (Å²) in [5, 5.41) is 11.3. The number of rotatable bonds is 6. The van der Waals surface area contributed by atoms with Crippen LogP contribution in [0.3, 0.4) is 0 Å². The lowest BCUT2D eigenvalue weighted by molar-refractivity contribution is -0.121. The van der Waals surface area contributed by atoms with E-state index in [1.54, 1.807) is 13.2 Å². The predicted molar refractivity (Wildman–Crippen MR) is 121 cm³/mol. The third kappa shape index (κ3) is 5.29. The Morgan fingerprint density at radius 1 is 1.00 bits per heavy atom. The molecule has 1 aromatic heterocycles. The van der Waals surface area contributed by atoms with Crippen molar-refractivity contribution in [2.24, 2.45) is 0 Å². The van der Waals surface area contributed by atoms with Crippen LogP contribution in [0.1, 0.15) is 28.8 Å². The molecular weight excluding hydrogens is 404 g/mol. The molecule has 164 valence electrons. The van der Waals surface area contributed by atoms with Crippen LogP contribution in [0.5, 0.6) is 5.88 Å². The van der Waals surface area contributed by atoms with Crippen LogP contribution in [0.2, 0.25) is 0 Å². The fourth-order valence-electron chi connectivity index (χ4n) is 3.86. The highest BCUT2D eigenvalue weighted by Gasteiger charge is 2.25. The van der Waals surface area contributed by atoms with Crippen molar-refractivity contribution in [1.82, 2.24) is 20.4 Å². The molecule has 0 bridgehead atoms. The highest BCUT2D eigenvalue weighted by Crippen LogP contribution is 2.21. The molecule has 0 radical (unpaired) electrons. The number of methoxy groups -OCH3 is 1. The van der Waals surface area contributed by atoms with Gasteiger partial charge in [-0.05, 0) is 36.6 Å². The van der Waals surface area contributed by atoms with Crippen molar-refractivity contribution in [3.63, 3.8) is 0 Å². The number of carbonyl (C=O) groups is 2. The second-order valence-electron chi connectivity index (χ2n) is 7.84. The molecule has 1 saturated heterocycles. The highest BCUT2D eigenvalue weighted by atomic mass is 16.5. The van der Waals surface area contributed by atoms with Gasteiger partial charge in [-0.3, -0.25) is 9.59 Å². The quantitative estimate of drug-likeness (QED) is 0.650. The maximum absolute atomic E-state index is 13.0. The smallest absolute Gasteiger partial charge is 0.253 e. The van der Waals surface area contributed by atoms with Crippen LogP contribution in [-0.2, 0) is 11.2 Å². The van der Waals surface area contributed by atoms with Crippen molar-refractivity contribution >= 4 is 11.8 Å². The summed E-state index contributed by atoms with van der Waals surface area (Å²) in [5.41, 5.74) is 3.13. The molecule has 1 fully saturated rings. The molecule has 3 aromatic rings. The van der Waals surface area contributed by atoms with Crippen molar-refractivity contribution < 1.29 is 14.3 Å². The van der Waals surface area contributed by atoms with Crippen LogP contribution in [-0.4, -0.2) is 53.2 Å². The van der Waals surface area contributed by atoms with E-state index < -0.39 is 0 Å². The van der Waals surface area contributed by atoms with Gasteiger partial charge in [0.2, 0.25) is 11.8 Å². The number of piperidine rings is 1.